The van der Waals surface area contributed by atoms with E-state index in [-0.39, 0.29) is 13.0 Å². The number of carboxylic acid groups (broad SMARTS) is 1. The van der Waals surface area contributed by atoms with Crippen molar-refractivity contribution in [2.75, 3.05) is 26.4 Å². The Morgan fingerprint density at radius 1 is 0.541 bits per heavy atom. The number of carbonyl (C=O) groups is 2. The van der Waals surface area contributed by atoms with Crippen LogP contribution in [0, 0.1) is 0 Å². The third-order valence-corrected chi connectivity index (χ3v) is 10.9. The van der Waals surface area contributed by atoms with Gasteiger partial charge >= 0.3 is 19.8 Å². The van der Waals surface area contributed by atoms with Gasteiger partial charge in [-0.25, -0.2) is 4.57 Å². The molecule has 0 fully saturated rings. The number of phosphoric acid groups is 1. The third kappa shape index (κ3) is 45.3. The number of aliphatic carboxylic acids is 1. The highest BCUT2D eigenvalue weighted by Gasteiger charge is 2.27. The Hall–Kier alpha value is -2.59. The Labute approximate surface area is 372 Å². The molecule has 0 saturated carbocycles. The SMILES string of the molecule is CC/C=C\C/C=C\C/C=C\C/C=C\CCCCCCCCCCCOCC(COP(=O)(O)OCC(N)C(=O)O)OC(=O)CCCCCCCCC/C=C\C/C=C\CCCCC. The topological polar surface area (TPSA) is 155 Å². The summed E-state index contributed by atoms with van der Waals surface area (Å²) in [7, 11) is -4.63. The summed E-state index contributed by atoms with van der Waals surface area (Å²) in [4.78, 5) is 33.6. The number of ether oxygens (including phenoxy) is 2. The summed E-state index contributed by atoms with van der Waals surface area (Å²) in [6, 6.07) is -1.48. The molecular weight excluding hydrogens is 790 g/mol. The van der Waals surface area contributed by atoms with Gasteiger partial charge in [-0.1, -0.05) is 177 Å². The van der Waals surface area contributed by atoms with Gasteiger partial charge in [-0.15, -0.1) is 0 Å². The highest BCUT2D eigenvalue weighted by molar-refractivity contribution is 7.47. The normalized spacial score (nSPS) is 14.4. The van der Waals surface area contributed by atoms with Crippen LogP contribution in [0.15, 0.2) is 72.9 Å². The predicted octanol–water partition coefficient (Wildman–Crippen LogP) is 13.8. The Morgan fingerprint density at radius 3 is 1.43 bits per heavy atom. The highest BCUT2D eigenvalue weighted by Crippen LogP contribution is 2.43. The van der Waals surface area contributed by atoms with Crippen LogP contribution in [0.2, 0.25) is 0 Å². The van der Waals surface area contributed by atoms with Gasteiger partial charge in [0.2, 0.25) is 0 Å². The number of unbranched alkanes of at least 4 members (excludes halogenated alkanes) is 19. The van der Waals surface area contributed by atoms with Crippen molar-refractivity contribution in [1.29, 1.82) is 0 Å². The summed E-state index contributed by atoms with van der Waals surface area (Å²) in [6.45, 7) is 3.72. The molecule has 4 N–H and O–H groups in total. The minimum absolute atomic E-state index is 0.00618. The molecule has 0 rings (SSSR count). The first kappa shape index (κ1) is 58.4. The number of hydrogen-bond donors (Lipinski definition) is 3. The average Bonchev–Trinajstić information content (AvgIpc) is 3.24. The molecule has 0 heterocycles. The van der Waals surface area contributed by atoms with Crippen molar-refractivity contribution in [2.24, 2.45) is 5.73 Å². The minimum atomic E-state index is -4.63. The molecule has 0 radical (unpaired) electrons. The Bertz CT molecular complexity index is 1250. The van der Waals surface area contributed by atoms with Gasteiger partial charge in [0, 0.05) is 13.0 Å². The van der Waals surface area contributed by atoms with E-state index in [1.165, 1.54) is 83.5 Å². The van der Waals surface area contributed by atoms with E-state index in [0.29, 0.717) is 13.0 Å². The van der Waals surface area contributed by atoms with Crippen LogP contribution in [0.4, 0.5) is 0 Å². The monoisotopic (exact) mass is 878 g/mol. The van der Waals surface area contributed by atoms with E-state index in [2.05, 4.69) is 86.8 Å². The van der Waals surface area contributed by atoms with Gasteiger partial charge < -0.3 is 25.2 Å². The van der Waals surface area contributed by atoms with Crippen LogP contribution < -0.4 is 5.73 Å². The van der Waals surface area contributed by atoms with Crippen LogP contribution in [-0.2, 0) is 32.7 Å². The lowest BCUT2D eigenvalue weighted by Crippen LogP contribution is -2.34. The third-order valence-electron chi connectivity index (χ3n) is 9.97. The molecule has 352 valence electrons. The number of esters is 1. The molecular formula is C50H88NO9P. The first-order valence-corrected chi connectivity index (χ1v) is 25.5. The summed E-state index contributed by atoms with van der Waals surface area (Å²) in [6.07, 6.45) is 56.6. The first-order chi connectivity index (χ1) is 29.7. The lowest BCUT2D eigenvalue weighted by Gasteiger charge is -2.20. The summed E-state index contributed by atoms with van der Waals surface area (Å²) >= 11 is 0. The molecule has 0 amide bonds. The predicted molar refractivity (Wildman–Crippen MR) is 254 cm³/mol. The molecule has 0 aliphatic carbocycles. The Kier molecular flexibility index (Phi) is 43.5. The van der Waals surface area contributed by atoms with Gasteiger partial charge in [0.15, 0.2) is 0 Å². The summed E-state index contributed by atoms with van der Waals surface area (Å²) < 4.78 is 33.4. The molecule has 0 aromatic heterocycles. The number of rotatable bonds is 45. The number of carboxylic acids is 1. The number of hydrogen-bond acceptors (Lipinski definition) is 8. The van der Waals surface area contributed by atoms with E-state index < -0.39 is 45.1 Å². The van der Waals surface area contributed by atoms with Gasteiger partial charge in [0.05, 0.1) is 19.8 Å². The van der Waals surface area contributed by atoms with E-state index in [0.717, 1.165) is 83.5 Å². The molecule has 10 nitrogen and oxygen atoms in total. The van der Waals surface area contributed by atoms with Crippen molar-refractivity contribution < 1.29 is 42.7 Å². The molecule has 0 saturated heterocycles. The largest absolute Gasteiger partial charge is 0.480 e. The molecule has 0 spiro atoms. The van der Waals surface area contributed by atoms with Crippen molar-refractivity contribution in [3.05, 3.63) is 72.9 Å². The Balaban J connectivity index is 4.20. The van der Waals surface area contributed by atoms with Crippen LogP contribution in [0.1, 0.15) is 194 Å². The fraction of sp³-hybridized carbons (Fsp3) is 0.720. The molecule has 0 bridgehead atoms. The molecule has 11 heteroatoms. The van der Waals surface area contributed by atoms with Crippen molar-refractivity contribution in [2.45, 2.75) is 206 Å². The van der Waals surface area contributed by atoms with E-state index in [4.69, 9.17) is 29.4 Å². The first-order valence-electron chi connectivity index (χ1n) is 24.0. The average molecular weight is 878 g/mol. The van der Waals surface area contributed by atoms with E-state index in [1.807, 2.05) is 0 Å². The maximum absolute atomic E-state index is 12.7. The van der Waals surface area contributed by atoms with Crippen molar-refractivity contribution in [3.8, 4) is 0 Å². The molecule has 3 unspecified atom stereocenters. The zero-order chi connectivity index (χ0) is 44.8. The molecule has 0 aliphatic rings. The second kappa shape index (κ2) is 45.4. The lowest BCUT2D eigenvalue weighted by atomic mass is 10.1. The molecule has 0 aromatic carbocycles. The number of carbonyl (C=O) groups excluding carboxylic acids is 1. The maximum Gasteiger partial charge on any atom is 0.472 e. The van der Waals surface area contributed by atoms with Crippen LogP contribution in [-0.4, -0.2) is 60.5 Å². The summed E-state index contributed by atoms with van der Waals surface area (Å²) in [5, 5.41) is 8.92. The van der Waals surface area contributed by atoms with Crippen molar-refractivity contribution in [3.63, 3.8) is 0 Å². The van der Waals surface area contributed by atoms with E-state index in [9.17, 15) is 19.0 Å². The second-order valence-electron chi connectivity index (χ2n) is 15.9. The molecule has 0 aromatic rings. The number of nitrogens with two attached hydrogens (primary N) is 1. The minimum Gasteiger partial charge on any atom is -0.480 e. The smallest absolute Gasteiger partial charge is 0.472 e. The van der Waals surface area contributed by atoms with Crippen LogP contribution in [0.5, 0.6) is 0 Å². The van der Waals surface area contributed by atoms with Crippen LogP contribution in [0.25, 0.3) is 0 Å². The van der Waals surface area contributed by atoms with Gasteiger partial charge in [-0.3, -0.25) is 18.6 Å². The quantitative estimate of drug-likeness (QED) is 0.0233. The maximum atomic E-state index is 12.7. The Morgan fingerprint density at radius 2 is 0.951 bits per heavy atom. The summed E-state index contributed by atoms with van der Waals surface area (Å²) in [5.41, 5.74) is 5.37. The van der Waals surface area contributed by atoms with Crippen molar-refractivity contribution in [1.82, 2.24) is 0 Å². The number of allylic oxidation sites excluding steroid dienone is 12. The fourth-order valence-electron chi connectivity index (χ4n) is 6.27. The van der Waals surface area contributed by atoms with Crippen LogP contribution >= 0.6 is 7.82 Å². The molecule has 0 aliphatic heterocycles. The highest BCUT2D eigenvalue weighted by atomic mass is 31.2. The van der Waals surface area contributed by atoms with Gasteiger partial charge in [-0.2, -0.15) is 0 Å². The zero-order valence-corrected chi connectivity index (χ0v) is 39.4. The number of phosphoric ester groups is 1. The van der Waals surface area contributed by atoms with Crippen molar-refractivity contribution >= 4 is 19.8 Å². The summed E-state index contributed by atoms with van der Waals surface area (Å²) in [5.74, 6) is -1.79. The van der Waals surface area contributed by atoms with E-state index >= 15 is 0 Å². The van der Waals surface area contributed by atoms with Gasteiger partial charge in [0.1, 0.15) is 12.1 Å². The lowest BCUT2D eigenvalue weighted by molar-refractivity contribution is -0.154. The molecule has 61 heavy (non-hydrogen) atoms. The standard InChI is InChI=1S/C50H88NO9P/c1-3-5-7-9-11-13-15-17-19-21-22-23-24-25-27-29-31-33-35-37-39-41-43-57-44-47(45-58-61(55,56)59-46-48(51)50(53)54)60-49(52)42-40-38-36-34-32-30-28-26-20-18-16-14-12-10-8-6-4-2/h5,7,11-14,17-20,22-23,47-48H,3-4,6,8-10,15-16,21,24-46,51H2,1-2H3,(H,53,54)(H,55,56)/b7-5-,13-11-,14-12-,19-17-,20-18-,23-22-. The fourth-order valence-corrected chi connectivity index (χ4v) is 7.05. The zero-order valence-electron chi connectivity index (χ0n) is 38.5. The molecule has 3 atom stereocenters. The second-order valence-corrected chi connectivity index (χ2v) is 17.3. The van der Waals surface area contributed by atoms with E-state index in [1.54, 1.807) is 0 Å². The van der Waals surface area contributed by atoms with Gasteiger partial charge in [-0.05, 0) is 83.5 Å². The van der Waals surface area contributed by atoms with Crippen LogP contribution in [0.3, 0.4) is 0 Å². The van der Waals surface area contributed by atoms with Gasteiger partial charge in [0.25, 0.3) is 0 Å².